The fourth-order valence-electron chi connectivity index (χ4n) is 2.98. The smallest absolute Gasteiger partial charge is 0.251 e. The molecule has 1 spiro atoms. The lowest BCUT2D eigenvalue weighted by molar-refractivity contribution is -0.186. The lowest BCUT2D eigenvalue weighted by Gasteiger charge is -2.31. The molecule has 1 saturated heterocycles. The number of amides is 1. The quantitative estimate of drug-likeness (QED) is 0.907. The van der Waals surface area contributed by atoms with Gasteiger partial charge in [0.15, 0.2) is 5.79 Å². The summed E-state index contributed by atoms with van der Waals surface area (Å²) in [6.45, 7) is 1.07. The highest BCUT2D eigenvalue weighted by Crippen LogP contribution is 2.37. The van der Waals surface area contributed by atoms with Crippen LogP contribution < -0.4 is 5.32 Å². The number of nitrogens with one attached hydrogen (secondary N) is 1. The summed E-state index contributed by atoms with van der Waals surface area (Å²) in [5.74, 6) is -0.443. The Bertz CT molecular complexity index is 497. The van der Waals surface area contributed by atoms with E-state index in [2.05, 4.69) is 21.2 Å². The first kappa shape index (κ1) is 15.0. The Kier molecular flexibility index (Phi) is 4.62. The van der Waals surface area contributed by atoms with Gasteiger partial charge in [0.2, 0.25) is 0 Å². The van der Waals surface area contributed by atoms with Crippen LogP contribution in [0.15, 0.2) is 28.7 Å². The van der Waals surface area contributed by atoms with E-state index >= 15 is 0 Å². The lowest BCUT2D eigenvalue weighted by Crippen LogP contribution is -2.37. The van der Waals surface area contributed by atoms with Crippen LogP contribution in [-0.4, -0.2) is 30.9 Å². The first-order chi connectivity index (χ1) is 10.2. The third kappa shape index (κ3) is 3.65. The number of halogens is 1. The standard InChI is InChI=1S/C16H20BrNO3/c17-13-6-4-12(5-7-13)15(19)18-10-14-11-20-16(21-14)8-2-1-3-9-16/h4-7,14H,1-3,8-11H2,(H,18,19). The second-order valence-electron chi connectivity index (χ2n) is 5.74. The molecule has 0 bridgehead atoms. The zero-order valence-corrected chi connectivity index (χ0v) is 13.5. The molecule has 1 aromatic carbocycles. The molecule has 5 heteroatoms. The summed E-state index contributed by atoms with van der Waals surface area (Å²) < 4.78 is 12.9. The van der Waals surface area contributed by atoms with Gasteiger partial charge in [0.05, 0.1) is 6.61 Å². The Morgan fingerprint density at radius 1 is 1.24 bits per heavy atom. The summed E-state index contributed by atoms with van der Waals surface area (Å²) in [6.07, 6.45) is 5.51. The molecule has 21 heavy (non-hydrogen) atoms. The van der Waals surface area contributed by atoms with Crippen molar-refractivity contribution < 1.29 is 14.3 Å². The van der Waals surface area contributed by atoms with Crippen molar-refractivity contribution >= 4 is 21.8 Å². The summed E-state index contributed by atoms with van der Waals surface area (Å²) in [4.78, 5) is 12.1. The van der Waals surface area contributed by atoms with E-state index in [0.29, 0.717) is 18.7 Å². The monoisotopic (exact) mass is 353 g/mol. The number of rotatable bonds is 3. The first-order valence-electron chi connectivity index (χ1n) is 7.52. The number of ether oxygens (including phenoxy) is 2. The van der Waals surface area contributed by atoms with Crippen LogP contribution in [0.25, 0.3) is 0 Å². The summed E-state index contributed by atoms with van der Waals surface area (Å²) in [7, 11) is 0. The van der Waals surface area contributed by atoms with Crippen molar-refractivity contribution in [3.8, 4) is 0 Å². The average Bonchev–Trinajstić information content (AvgIpc) is 2.89. The highest BCUT2D eigenvalue weighted by atomic mass is 79.9. The van der Waals surface area contributed by atoms with Gasteiger partial charge < -0.3 is 14.8 Å². The van der Waals surface area contributed by atoms with Crippen LogP contribution >= 0.6 is 15.9 Å². The summed E-state index contributed by atoms with van der Waals surface area (Å²) >= 11 is 3.36. The Morgan fingerprint density at radius 3 is 2.67 bits per heavy atom. The molecule has 114 valence electrons. The molecule has 1 amide bonds. The second kappa shape index (κ2) is 6.46. The maximum atomic E-state index is 12.1. The maximum absolute atomic E-state index is 12.1. The van der Waals surface area contributed by atoms with Gasteiger partial charge in [-0.25, -0.2) is 0 Å². The number of carbonyl (C=O) groups is 1. The van der Waals surface area contributed by atoms with E-state index in [1.165, 1.54) is 6.42 Å². The predicted octanol–water partition coefficient (Wildman–Crippen LogP) is 3.25. The third-order valence-electron chi connectivity index (χ3n) is 4.13. The van der Waals surface area contributed by atoms with E-state index < -0.39 is 0 Å². The van der Waals surface area contributed by atoms with Crippen molar-refractivity contribution in [1.82, 2.24) is 5.32 Å². The Labute approximate surface area is 133 Å². The Morgan fingerprint density at radius 2 is 1.95 bits per heavy atom. The van der Waals surface area contributed by atoms with E-state index in [-0.39, 0.29) is 17.8 Å². The van der Waals surface area contributed by atoms with E-state index in [0.717, 1.165) is 30.2 Å². The highest BCUT2D eigenvalue weighted by molar-refractivity contribution is 9.10. The molecule has 1 aromatic rings. The largest absolute Gasteiger partial charge is 0.349 e. The molecule has 1 saturated carbocycles. The minimum atomic E-state index is -0.370. The van der Waals surface area contributed by atoms with Gasteiger partial charge in [0, 0.05) is 29.4 Å². The van der Waals surface area contributed by atoms with Crippen LogP contribution in [0.4, 0.5) is 0 Å². The molecule has 1 atom stereocenters. The van der Waals surface area contributed by atoms with E-state index in [9.17, 15) is 4.79 Å². The SMILES string of the molecule is O=C(NCC1COC2(CCCCC2)O1)c1ccc(Br)cc1. The lowest BCUT2D eigenvalue weighted by atomic mass is 9.94. The van der Waals surface area contributed by atoms with Crippen LogP contribution in [0.3, 0.4) is 0 Å². The predicted molar refractivity (Wildman–Crippen MR) is 83.1 cm³/mol. The van der Waals surface area contributed by atoms with Gasteiger partial charge >= 0.3 is 0 Å². The minimum absolute atomic E-state index is 0.0394. The van der Waals surface area contributed by atoms with Crippen LogP contribution in [0.2, 0.25) is 0 Å². The van der Waals surface area contributed by atoms with Crippen molar-refractivity contribution in [2.24, 2.45) is 0 Å². The maximum Gasteiger partial charge on any atom is 0.251 e. The number of carbonyl (C=O) groups excluding carboxylic acids is 1. The molecule has 4 nitrogen and oxygen atoms in total. The van der Waals surface area contributed by atoms with Gasteiger partial charge in [-0.15, -0.1) is 0 Å². The van der Waals surface area contributed by atoms with Crippen LogP contribution in [-0.2, 0) is 9.47 Å². The Balaban J connectivity index is 1.49. The molecule has 3 rings (SSSR count). The van der Waals surface area contributed by atoms with Gasteiger partial charge in [0.25, 0.3) is 5.91 Å². The zero-order valence-electron chi connectivity index (χ0n) is 11.9. The molecule has 1 heterocycles. The van der Waals surface area contributed by atoms with Gasteiger partial charge in [-0.3, -0.25) is 4.79 Å². The van der Waals surface area contributed by atoms with Crippen LogP contribution in [0.1, 0.15) is 42.5 Å². The van der Waals surface area contributed by atoms with E-state index in [4.69, 9.17) is 9.47 Å². The fourth-order valence-corrected chi connectivity index (χ4v) is 3.24. The molecule has 1 unspecified atom stereocenters. The van der Waals surface area contributed by atoms with Gasteiger partial charge in [0.1, 0.15) is 6.10 Å². The Hall–Kier alpha value is -0.910. The normalized spacial score (nSPS) is 24.1. The topological polar surface area (TPSA) is 47.6 Å². The summed E-state index contributed by atoms with van der Waals surface area (Å²) in [5.41, 5.74) is 0.657. The average molecular weight is 354 g/mol. The van der Waals surface area contributed by atoms with E-state index in [1.54, 1.807) is 12.1 Å². The van der Waals surface area contributed by atoms with E-state index in [1.807, 2.05) is 12.1 Å². The highest BCUT2D eigenvalue weighted by Gasteiger charge is 2.42. The summed E-state index contributed by atoms with van der Waals surface area (Å²) in [6, 6.07) is 7.32. The van der Waals surface area contributed by atoms with Gasteiger partial charge in [-0.05, 0) is 37.1 Å². The molecular weight excluding hydrogens is 334 g/mol. The molecule has 1 aliphatic carbocycles. The van der Waals surface area contributed by atoms with Crippen LogP contribution in [0.5, 0.6) is 0 Å². The molecule has 1 N–H and O–H groups in total. The second-order valence-corrected chi connectivity index (χ2v) is 6.65. The molecular formula is C16H20BrNO3. The van der Waals surface area contributed by atoms with Crippen molar-refractivity contribution in [2.75, 3.05) is 13.2 Å². The van der Waals surface area contributed by atoms with Gasteiger partial charge in [-0.2, -0.15) is 0 Å². The number of hydrogen-bond donors (Lipinski definition) is 1. The van der Waals surface area contributed by atoms with Crippen molar-refractivity contribution in [3.63, 3.8) is 0 Å². The fraction of sp³-hybridized carbons (Fsp3) is 0.562. The summed E-state index contributed by atoms with van der Waals surface area (Å²) in [5, 5.41) is 2.92. The molecule has 2 fully saturated rings. The minimum Gasteiger partial charge on any atom is -0.349 e. The molecule has 1 aliphatic heterocycles. The molecule has 0 aromatic heterocycles. The number of hydrogen-bond acceptors (Lipinski definition) is 3. The molecule has 2 aliphatic rings. The van der Waals surface area contributed by atoms with Gasteiger partial charge in [-0.1, -0.05) is 22.4 Å². The number of benzene rings is 1. The van der Waals surface area contributed by atoms with Crippen molar-refractivity contribution in [1.29, 1.82) is 0 Å². The van der Waals surface area contributed by atoms with Crippen LogP contribution in [0, 0.1) is 0 Å². The van der Waals surface area contributed by atoms with Crippen molar-refractivity contribution in [3.05, 3.63) is 34.3 Å². The third-order valence-corrected chi connectivity index (χ3v) is 4.65. The van der Waals surface area contributed by atoms with Crippen molar-refractivity contribution in [2.45, 2.75) is 44.0 Å². The zero-order chi connectivity index (χ0) is 14.7. The first-order valence-corrected chi connectivity index (χ1v) is 8.32. The molecule has 0 radical (unpaired) electrons.